The SMILES string of the molecule is OCC=Cc1cc(Cl)ccc1OC(F)F. The third-order valence-corrected chi connectivity index (χ3v) is 1.83. The third kappa shape index (κ3) is 3.85. The van der Waals surface area contributed by atoms with Gasteiger partial charge in [0, 0.05) is 10.6 Å². The van der Waals surface area contributed by atoms with Crippen molar-refractivity contribution in [3.05, 3.63) is 34.9 Å². The Kier molecular flexibility index (Phi) is 4.52. The van der Waals surface area contributed by atoms with Gasteiger partial charge in [-0.15, -0.1) is 0 Å². The minimum absolute atomic E-state index is 0.0269. The van der Waals surface area contributed by atoms with Crippen molar-refractivity contribution in [3.8, 4) is 5.75 Å². The van der Waals surface area contributed by atoms with E-state index < -0.39 is 6.61 Å². The fourth-order valence-electron chi connectivity index (χ4n) is 1.03. The predicted molar refractivity (Wildman–Crippen MR) is 54.2 cm³/mol. The topological polar surface area (TPSA) is 29.5 Å². The average Bonchev–Trinajstić information content (AvgIpc) is 2.18. The van der Waals surface area contributed by atoms with Crippen LogP contribution in [0, 0.1) is 0 Å². The number of halogens is 3. The summed E-state index contributed by atoms with van der Waals surface area (Å²) in [7, 11) is 0. The summed E-state index contributed by atoms with van der Waals surface area (Å²) in [5, 5.41) is 8.97. The van der Waals surface area contributed by atoms with Gasteiger partial charge < -0.3 is 9.84 Å². The van der Waals surface area contributed by atoms with Gasteiger partial charge in [-0.25, -0.2) is 0 Å². The van der Waals surface area contributed by atoms with Crippen LogP contribution in [0.2, 0.25) is 5.02 Å². The van der Waals surface area contributed by atoms with Gasteiger partial charge in [0.25, 0.3) is 0 Å². The molecule has 82 valence electrons. The van der Waals surface area contributed by atoms with Crippen molar-refractivity contribution in [1.82, 2.24) is 0 Å². The molecular formula is C10H9ClF2O2. The lowest BCUT2D eigenvalue weighted by Crippen LogP contribution is -2.03. The van der Waals surface area contributed by atoms with Crippen molar-refractivity contribution in [3.63, 3.8) is 0 Å². The van der Waals surface area contributed by atoms with Gasteiger partial charge >= 0.3 is 6.61 Å². The maximum Gasteiger partial charge on any atom is 0.387 e. The van der Waals surface area contributed by atoms with Gasteiger partial charge in [0.15, 0.2) is 0 Å². The number of alkyl halides is 2. The Balaban J connectivity index is 2.97. The molecule has 1 N–H and O–H groups in total. The highest BCUT2D eigenvalue weighted by molar-refractivity contribution is 6.30. The Labute approximate surface area is 90.7 Å². The summed E-state index contributed by atoms with van der Waals surface area (Å²) in [6, 6.07) is 4.28. The summed E-state index contributed by atoms with van der Waals surface area (Å²) >= 11 is 5.69. The molecule has 0 fully saturated rings. The Morgan fingerprint density at radius 3 is 2.80 bits per heavy atom. The molecule has 0 bridgehead atoms. The second kappa shape index (κ2) is 5.68. The van der Waals surface area contributed by atoms with Crippen molar-refractivity contribution in [1.29, 1.82) is 0 Å². The van der Waals surface area contributed by atoms with Gasteiger partial charge in [-0.1, -0.05) is 23.8 Å². The highest BCUT2D eigenvalue weighted by Gasteiger charge is 2.08. The van der Waals surface area contributed by atoms with E-state index >= 15 is 0 Å². The average molecular weight is 235 g/mol. The van der Waals surface area contributed by atoms with E-state index in [4.69, 9.17) is 16.7 Å². The Morgan fingerprint density at radius 2 is 2.20 bits per heavy atom. The number of rotatable bonds is 4. The lowest BCUT2D eigenvalue weighted by molar-refractivity contribution is -0.0499. The molecule has 1 aromatic carbocycles. The molecule has 0 saturated carbocycles. The number of aliphatic hydroxyl groups is 1. The number of hydrogen-bond acceptors (Lipinski definition) is 2. The first-order valence-electron chi connectivity index (χ1n) is 4.15. The monoisotopic (exact) mass is 234 g/mol. The largest absolute Gasteiger partial charge is 0.434 e. The van der Waals surface area contributed by atoms with Crippen molar-refractivity contribution >= 4 is 17.7 Å². The summed E-state index contributed by atoms with van der Waals surface area (Å²) < 4.78 is 28.3. The molecule has 5 heteroatoms. The molecule has 0 aliphatic rings. The van der Waals surface area contributed by atoms with E-state index in [1.165, 1.54) is 30.4 Å². The van der Waals surface area contributed by atoms with Gasteiger partial charge in [0.2, 0.25) is 0 Å². The molecule has 0 spiro atoms. The van der Waals surface area contributed by atoms with Crippen molar-refractivity contribution in [2.24, 2.45) is 0 Å². The first-order chi connectivity index (χ1) is 7.13. The van der Waals surface area contributed by atoms with Gasteiger partial charge in [0.05, 0.1) is 6.61 Å². The van der Waals surface area contributed by atoms with Crippen LogP contribution in [-0.2, 0) is 0 Å². The zero-order valence-electron chi connectivity index (χ0n) is 7.66. The zero-order chi connectivity index (χ0) is 11.3. The summed E-state index contributed by atoms with van der Waals surface area (Å²) in [6.45, 7) is -3.06. The van der Waals surface area contributed by atoms with E-state index in [1.54, 1.807) is 0 Å². The van der Waals surface area contributed by atoms with Crippen LogP contribution in [0.4, 0.5) is 8.78 Å². The van der Waals surface area contributed by atoms with Crippen LogP contribution in [0.1, 0.15) is 5.56 Å². The highest BCUT2D eigenvalue weighted by atomic mass is 35.5. The third-order valence-electron chi connectivity index (χ3n) is 1.59. The quantitative estimate of drug-likeness (QED) is 0.868. The van der Waals surface area contributed by atoms with Crippen molar-refractivity contribution in [2.75, 3.05) is 6.61 Å². The number of benzene rings is 1. The molecule has 0 radical (unpaired) electrons. The van der Waals surface area contributed by atoms with E-state index in [0.717, 1.165) is 0 Å². The first-order valence-corrected chi connectivity index (χ1v) is 4.53. The number of ether oxygens (including phenoxy) is 1. The molecule has 0 aromatic heterocycles. The molecule has 0 atom stereocenters. The van der Waals surface area contributed by atoms with Crippen LogP contribution in [0.15, 0.2) is 24.3 Å². The highest BCUT2D eigenvalue weighted by Crippen LogP contribution is 2.25. The van der Waals surface area contributed by atoms with Gasteiger partial charge in [-0.05, 0) is 18.2 Å². The molecule has 0 saturated heterocycles. The Morgan fingerprint density at radius 1 is 1.47 bits per heavy atom. The van der Waals surface area contributed by atoms with Crippen LogP contribution in [0.25, 0.3) is 6.08 Å². The zero-order valence-corrected chi connectivity index (χ0v) is 8.42. The Hall–Kier alpha value is -1.13. The molecule has 0 aliphatic heterocycles. The maximum atomic E-state index is 12.0. The predicted octanol–water partition coefficient (Wildman–Crippen LogP) is 2.95. The molecule has 15 heavy (non-hydrogen) atoms. The van der Waals surface area contributed by atoms with E-state index in [-0.39, 0.29) is 12.4 Å². The molecule has 0 amide bonds. The van der Waals surface area contributed by atoms with Crippen molar-refractivity contribution in [2.45, 2.75) is 6.61 Å². The summed E-state index contributed by atoms with van der Waals surface area (Å²) in [5.41, 5.74) is 0.400. The maximum absolute atomic E-state index is 12.0. The standard InChI is InChI=1S/C10H9ClF2O2/c11-8-3-4-9(15-10(12)13)7(6-8)2-1-5-14/h1-4,6,10,14H,5H2. The first kappa shape index (κ1) is 11.9. The summed E-state index contributed by atoms with van der Waals surface area (Å²) in [6.07, 6.45) is 2.87. The summed E-state index contributed by atoms with van der Waals surface area (Å²) in [4.78, 5) is 0. The summed E-state index contributed by atoms with van der Waals surface area (Å²) in [5.74, 6) is 0.0269. The van der Waals surface area contributed by atoms with Crippen LogP contribution < -0.4 is 4.74 Å². The minimum atomic E-state index is -2.88. The van der Waals surface area contributed by atoms with E-state index in [9.17, 15) is 8.78 Å². The van der Waals surface area contributed by atoms with Crippen LogP contribution in [0.5, 0.6) is 5.75 Å². The smallest absolute Gasteiger partial charge is 0.387 e. The molecule has 1 rings (SSSR count). The van der Waals surface area contributed by atoms with Crippen LogP contribution in [0.3, 0.4) is 0 Å². The van der Waals surface area contributed by atoms with E-state index in [0.29, 0.717) is 10.6 Å². The molecule has 2 nitrogen and oxygen atoms in total. The molecule has 0 heterocycles. The molecule has 1 aromatic rings. The normalized spacial score (nSPS) is 11.3. The van der Waals surface area contributed by atoms with E-state index in [2.05, 4.69) is 4.74 Å². The van der Waals surface area contributed by atoms with Gasteiger partial charge in [-0.3, -0.25) is 0 Å². The number of aliphatic hydroxyl groups excluding tert-OH is 1. The van der Waals surface area contributed by atoms with Gasteiger partial charge in [0.1, 0.15) is 5.75 Å². The molecule has 0 unspecified atom stereocenters. The fraction of sp³-hybridized carbons (Fsp3) is 0.200. The minimum Gasteiger partial charge on any atom is -0.434 e. The molecule has 0 aliphatic carbocycles. The fourth-order valence-corrected chi connectivity index (χ4v) is 1.21. The van der Waals surface area contributed by atoms with E-state index in [1.807, 2.05) is 0 Å². The second-order valence-corrected chi connectivity index (χ2v) is 3.08. The van der Waals surface area contributed by atoms with Crippen molar-refractivity contribution < 1.29 is 18.6 Å². The lowest BCUT2D eigenvalue weighted by atomic mass is 10.2. The lowest BCUT2D eigenvalue weighted by Gasteiger charge is -2.07. The van der Waals surface area contributed by atoms with Gasteiger partial charge in [-0.2, -0.15) is 8.78 Å². The second-order valence-electron chi connectivity index (χ2n) is 2.65. The van der Waals surface area contributed by atoms with Crippen LogP contribution >= 0.6 is 11.6 Å². The number of hydrogen-bond donors (Lipinski definition) is 1. The Bertz CT molecular complexity index is 353. The molecular weight excluding hydrogens is 226 g/mol. The van der Waals surface area contributed by atoms with Crippen LogP contribution in [-0.4, -0.2) is 18.3 Å².